The topological polar surface area (TPSA) is 89.6 Å². The first-order valence-electron chi connectivity index (χ1n) is 6.08. The Morgan fingerprint density at radius 1 is 1.25 bits per heavy atom. The minimum atomic E-state index is -1.42. The van der Waals surface area contributed by atoms with Crippen LogP contribution in [0.15, 0.2) is 24.3 Å². The number of hydrogen-bond donors (Lipinski definition) is 2. The molecule has 0 heterocycles. The van der Waals surface area contributed by atoms with Crippen LogP contribution in [0.25, 0.3) is 0 Å². The molecule has 0 bridgehead atoms. The molecule has 2 unspecified atom stereocenters. The molecule has 0 aromatic heterocycles. The molecule has 0 fully saturated rings. The molecule has 0 spiro atoms. The standard InChI is InChI=1S/C14H18INO4/c1-14(2,3)20-13(19)10(12(17)18)11(16)8-4-6-9(15)7-5-8/h4-7,10-11H,16H2,1-3H3,(H,17,18). The largest absolute Gasteiger partial charge is 0.481 e. The predicted octanol–water partition coefficient (Wildman–Crippen LogP) is 2.33. The van der Waals surface area contributed by atoms with Crippen LogP contribution in [0.4, 0.5) is 0 Å². The summed E-state index contributed by atoms with van der Waals surface area (Å²) in [5.74, 6) is -3.53. The lowest BCUT2D eigenvalue weighted by molar-refractivity contribution is -0.167. The van der Waals surface area contributed by atoms with Crippen molar-refractivity contribution >= 4 is 34.5 Å². The lowest BCUT2D eigenvalue weighted by atomic mass is 9.93. The Bertz CT molecular complexity index is 493. The van der Waals surface area contributed by atoms with Crippen LogP contribution in [-0.4, -0.2) is 22.6 Å². The van der Waals surface area contributed by atoms with E-state index in [9.17, 15) is 14.7 Å². The number of hydrogen-bond acceptors (Lipinski definition) is 4. The molecule has 0 aliphatic rings. The Morgan fingerprint density at radius 2 is 1.75 bits per heavy atom. The van der Waals surface area contributed by atoms with E-state index >= 15 is 0 Å². The molecule has 20 heavy (non-hydrogen) atoms. The molecule has 6 heteroatoms. The number of ether oxygens (including phenoxy) is 1. The van der Waals surface area contributed by atoms with Gasteiger partial charge in [0.05, 0.1) is 6.04 Å². The van der Waals surface area contributed by atoms with Gasteiger partial charge in [0.1, 0.15) is 5.60 Å². The zero-order valence-corrected chi connectivity index (χ0v) is 13.7. The van der Waals surface area contributed by atoms with E-state index in [0.29, 0.717) is 5.56 Å². The van der Waals surface area contributed by atoms with E-state index in [1.54, 1.807) is 32.9 Å². The highest BCUT2D eigenvalue weighted by Gasteiger charge is 2.37. The average Bonchev–Trinajstić information content (AvgIpc) is 2.26. The maximum Gasteiger partial charge on any atom is 0.322 e. The molecule has 5 nitrogen and oxygen atoms in total. The zero-order chi connectivity index (χ0) is 15.5. The number of nitrogens with two attached hydrogens (primary N) is 1. The molecule has 1 rings (SSSR count). The van der Waals surface area contributed by atoms with Gasteiger partial charge in [-0.2, -0.15) is 0 Å². The summed E-state index contributed by atoms with van der Waals surface area (Å²) in [5.41, 5.74) is 5.76. The number of carbonyl (C=O) groups excluding carboxylic acids is 1. The van der Waals surface area contributed by atoms with Gasteiger partial charge in [-0.25, -0.2) is 0 Å². The van der Waals surface area contributed by atoms with Gasteiger partial charge >= 0.3 is 11.9 Å². The fraction of sp³-hybridized carbons (Fsp3) is 0.429. The van der Waals surface area contributed by atoms with E-state index in [1.807, 2.05) is 12.1 Å². The summed E-state index contributed by atoms with van der Waals surface area (Å²) in [6, 6.07) is 6.10. The van der Waals surface area contributed by atoms with Gasteiger partial charge < -0.3 is 15.6 Å². The second kappa shape index (κ2) is 6.53. The average molecular weight is 391 g/mol. The van der Waals surface area contributed by atoms with E-state index in [2.05, 4.69) is 22.6 Å². The quantitative estimate of drug-likeness (QED) is 0.467. The summed E-state index contributed by atoms with van der Waals surface area (Å²) in [7, 11) is 0. The van der Waals surface area contributed by atoms with Crippen LogP contribution in [0, 0.1) is 9.49 Å². The van der Waals surface area contributed by atoms with Crippen molar-refractivity contribution in [2.75, 3.05) is 0 Å². The van der Waals surface area contributed by atoms with Crippen LogP contribution < -0.4 is 5.73 Å². The third kappa shape index (κ3) is 4.75. The van der Waals surface area contributed by atoms with Gasteiger partial charge in [-0.1, -0.05) is 12.1 Å². The summed E-state index contributed by atoms with van der Waals surface area (Å²) >= 11 is 2.13. The number of esters is 1. The molecule has 2 atom stereocenters. The van der Waals surface area contributed by atoms with Crippen molar-refractivity contribution in [3.05, 3.63) is 33.4 Å². The summed E-state index contributed by atoms with van der Waals surface area (Å²) in [6.45, 7) is 5.04. The molecule has 1 aromatic carbocycles. The summed E-state index contributed by atoms with van der Waals surface area (Å²) in [4.78, 5) is 23.3. The van der Waals surface area contributed by atoms with Crippen LogP contribution in [0.5, 0.6) is 0 Å². The number of carboxylic acids is 1. The molecular weight excluding hydrogens is 373 g/mol. The summed E-state index contributed by atoms with van der Waals surface area (Å²) in [6.07, 6.45) is 0. The van der Waals surface area contributed by atoms with Crippen molar-refractivity contribution in [3.63, 3.8) is 0 Å². The van der Waals surface area contributed by atoms with Crippen molar-refractivity contribution in [2.45, 2.75) is 32.4 Å². The number of carbonyl (C=O) groups is 2. The van der Waals surface area contributed by atoms with Gasteiger partial charge in [-0.05, 0) is 61.1 Å². The first-order valence-corrected chi connectivity index (χ1v) is 7.16. The third-order valence-electron chi connectivity index (χ3n) is 2.54. The lowest BCUT2D eigenvalue weighted by Gasteiger charge is -2.25. The smallest absolute Gasteiger partial charge is 0.322 e. The van der Waals surface area contributed by atoms with E-state index in [0.717, 1.165) is 3.57 Å². The molecule has 110 valence electrons. The minimum absolute atomic E-state index is 0.587. The number of benzene rings is 1. The number of halogens is 1. The molecule has 0 aliphatic heterocycles. The molecule has 0 saturated heterocycles. The van der Waals surface area contributed by atoms with Gasteiger partial charge in [-0.3, -0.25) is 9.59 Å². The molecule has 0 radical (unpaired) electrons. The Hall–Kier alpha value is -1.15. The van der Waals surface area contributed by atoms with Gasteiger partial charge in [0.25, 0.3) is 0 Å². The van der Waals surface area contributed by atoms with Crippen LogP contribution in [0.3, 0.4) is 0 Å². The predicted molar refractivity (Wildman–Crippen MR) is 83.1 cm³/mol. The highest BCUT2D eigenvalue weighted by molar-refractivity contribution is 14.1. The number of carboxylic acid groups (broad SMARTS) is 1. The minimum Gasteiger partial charge on any atom is -0.481 e. The van der Waals surface area contributed by atoms with Crippen molar-refractivity contribution < 1.29 is 19.4 Å². The van der Waals surface area contributed by atoms with Crippen LogP contribution in [0.2, 0.25) is 0 Å². The zero-order valence-electron chi connectivity index (χ0n) is 11.6. The monoisotopic (exact) mass is 391 g/mol. The maximum absolute atomic E-state index is 12.0. The van der Waals surface area contributed by atoms with Crippen LogP contribution in [-0.2, 0) is 14.3 Å². The van der Waals surface area contributed by atoms with Crippen molar-refractivity contribution in [1.29, 1.82) is 0 Å². The van der Waals surface area contributed by atoms with Crippen molar-refractivity contribution in [3.8, 4) is 0 Å². The Labute approximate surface area is 131 Å². The highest BCUT2D eigenvalue weighted by Crippen LogP contribution is 2.24. The second-order valence-corrected chi connectivity index (χ2v) is 6.67. The lowest BCUT2D eigenvalue weighted by Crippen LogP contribution is -2.39. The Kier molecular flexibility index (Phi) is 5.52. The number of aliphatic carboxylic acids is 1. The fourth-order valence-corrected chi connectivity index (χ4v) is 2.00. The van der Waals surface area contributed by atoms with Crippen LogP contribution >= 0.6 is 22.6 Å². The Balaban J connectivity index is 2.99. The van der Waals surface area contributed by atoms with Gasteiger partial charge in [-0.15, -0.1) is 0 Å². The second-order valence-electron chi connectivity index (χ2n) is 5.43. The molecule has 0 aliphatic carbocycles. The summed E-state index contributed by atoms with van der Waals surface area (Å²) < 4.78 is 6.13. The molecule has 1 aromatic rings. The number of rotatable bonds is 4. The van der Waals surface area contributed by atoms with Crippen LogP contribution in [0.1, 0.15) is 32.4 Å². The SMILES string of the molecule is CC(C)(C)OC(=O)C(C(=O)O)C(N)c1ccc(I)cc1. The molecular formula is C14H18INO4. The molecule has 0 saturated carbocycles. The molecule has 0 amide bonds. The summed E-state index contributed by atoms with van der Waals surface area (Å²) in [5, 5.41) is 9.24. The van der Waals surface area contributed by atoms with Gasteiger partial charge in [0, 0.05) is 3.57 Å². The first-order chi connectivity index (χ1) is 9.11. The van der Waals surface area contributed by atoms with E-state index in [-0.39, 0.29) is 0 Å². The Morgan fingerprint density at radius 3 is 2.15 bits per heavy atom. The molecule has 3 N–H and O–H groups in total. The van der Waals surface area contributed by atoms with Crippen molar-refractivity contribution in [2.24, 2.45) is 11.7 Å². The fourth-order valence-electron chi connectivity index (χ4n) is 1.64. The normalized spacial score (nSPS) is 14.4. The maximum atomic E-state index is 12.0. The first kappa shape index (κ1) is 16.9. The third-order valence-corrected chi connectivity index (χ3v) is 3.26. The van der Waals surface area contributed by atoms with E-state index in [1.165, 1.54) is 0 Å². The van der Waals surface area contributed by atoms with E-state index < -0.39 is 29.5 Å². The van der Waals surface area contributed by atoms with Gasteiger partial charge in [0.2, 0.25) is 0 Å². The van der Waals surface area contributed by atoms with Crippen molar-refractivity contribution in [1.82, 2.24) is 0 Å². The van der Waals surface area contributed by atoms with E-state index in [4.69, 9.17) is 10.5 Å². The van der Waals surface area contributed by atoms with Gasteiger partial charge in [0.15, 0.2) is 5.92 Å². The highest BCUT2D eigenvalue weighted by atomic mass is 127.